The van der Waals surface area contributed by atoms with E-state index >= 15 is 0 Å². The van der Waals surface area contributed by atoms with Crippen molar-refractivity contribution in [2.24, 2.45) is 0 Å². The molecule has 1 unspecified atom stereocenters. The van der Waals surface area contributed by atoms with Crippen LogP contribution >= 0.6 is 0 Å². The Morgan fingerprint density at radius 1 is 0.605 bits per heavy atom. The summed E-state index contributed by atoms with van der Waals surface area (Å²) in [5.41, 5.74) is 6.17. The number of rotatable bonds is 4. The molecule has 0 aliphatic carbocycles. The fourth-order valence-electron chi connectivity index (χ4n) is 5.09. The predicted molar refractivity (Wildman–Crippen MR) is 149 cm³/mol. The van der Waals surface area contributed by atoms with E-state index in [0.717, 1.165) is 45.6 Å². The standard InChI is InChI=1S/C33H25N4O/c1-22-21-37-20-8-13-24-18-19-28(30(38-22)29(24)37)23-14-16-27(17-15-23)33-35-31(25-9-4-2-5-10-25)34-32(36-33)26-11-6-3-7-12-26/h2-20,22H,21H2,1H3/q+1. The Balaban J connectivity index is 1.32. The van der Waals surface area contributed by atoms with Gasteiger partial charge in [-0.3, -0.25) is 0 Å². The molecule has 0 bridgehead atoms. The van der Waals surface area contributed by atoms with E-state index in [2.05, 4.69) is 66.2 Å². The molecule has 5 nitrogen and oxygen atoms in total. The Labute approximate surface area is 221 Å². The van der Waals surface area contributed by atoms with Gasteiger partial charge in [0.05, 0.1) is 5.39 Å². The van der Waals surface area contributed by atoms with E-state index in [0.29, 0.717) is 17.5 Å². The first-order chi connectivity index (χ1) is 18.7. The van der Waals surface area contributed by atoms with Gasteiger partial charge in [0.1, 0.15) is 0 Å². The van der Waals surface area contributed by atoms with Gasteiger partial charge in [0.25, 0.3) is 5.52 Å². The van der Waals surface area contributed by atoms with Gasteiger partial charge in [0, 0.05) is 28.3 Å². The highest BCUT2D eigenvalue weighted by Gasteiger charge is 2.28. The van der Waals surface area contributed by atoms with Crippen LogP contribution in [0.15, 0.2) is 115 Å². The van der Waals surface area contributed by atoms with Gasteiger partial charge in [-0.15, -0.1) is 0 Å². The van der Waals surface area contributed by atoms with E-state index in [1.54, 1.807) is 0 Å². The van der Waals surface area contributed by atoms with Gasteiger partial charge in [-0.05, 0) is 30.7 Å². The van der Waals surface area contributed by atoms with Crippen LogP contribution in [0.25, 0.3) is 56.2 Å². The lowest BCUT2D eigenvalue weighted by atomic mass is 9.99. The molecule has 7 rings (SSSR count). The van der Waals surface area contributed by atoms with Gasteiger partial charge in [0.2, 0.25) is 0 Å². The zero-order valence-electron chi connectivity index (χ0n) is 21.0. The summed E-state index contributed by atoms with van der Waals surface area (Å²) in [7, 11) is 0. The fourth-order valence-corrected chi connectivity index (χ4v) is 5.09. The Morgan fingerprint density at radius 3 is 1.76 bits per heavy atom. The van der Waals surface area contributed by atoms with Crippen LogP contribution < -0.4 is 9.30 Å². The SMILES string of the molecule is CC1C[n+]2cccc3ccc(-c4ccc(-c5nc(-c6ccccc6)nc(-c6ccccc6)n5)cc4)c(c32)O1. The van der Waals surface area contributed by atoms with Gasteiger partial charge in [-0.25, -0.2) is 15.0 Å². The van der Waals surface area contributed by atoms with E-state index in [9.17, 15) is 0 Å². The number of nitrogens with zero attached hydrogens (tertiary/aromatic N) is 4. The molecule has 0 saturated carbocycles. The molecule has 5 heteroatoms. The van der Waals surface area contributed by atoms with Crippen molar-refractivity contribution in [1.82, 2.24) is 15.0 Å². The minimum atomic E-state index is 0.108. The van der Waals surface area contributed by atoms with Crippen molar-refractivity contribution in [3.63, 3.8) is 0 Å². The van der Waals surface area contributed by atoms with Gasteiger partial charge >= 0.3 is 0 Å². The van der Waals surface area contributed by atoms with Crippen LogP contribution in [0.4, 0.5) is 0 Å². The quantitative estimate of drug-likeness (QED) is 0.255. The lowest BCUT2D eigenvalue weighted by Crippen LogP contribution is -2.45. The smallest absolute Gasteiger partial charge is 0.255 e. The summed E-state index contributed by atoms with van der Waals surface area (Å²) in [4.78, 5) is 14.5. The highest BCUT2D eigenvalue weighted by Crippen LogP contribution is 2.38. The number of hydrogen-bond acceptors (Lipinski definition) is 4. The molecule has 3 heterocycles. The van der Waals surface area contributed by atoms with Gasteiger partial charge in [-0.2, -0.15) is 4.57 Å². The zero-order chi connectivity index (χ0) is 25.5. The molecule has 0 radical (unpaired) electrons. The summed E-state index contributed by atoms with van der Waals surface area (Å²) in [6.07, 6.45) is 2.24. The molecule has 0 amide bonds. The number of aromatic nitrogens is 4. The second-order valence-corrected chi connectivity index (χ2v) is 9.58. The van der Waals surface area contributed by atoms with E-state index in [1.165, 1.54) is 5.39 Å². The van der Waals surface area contributed by atoms with Gasteiger partial charge < -0.3 is 4.74 Å². The fraction of sp³-hybridized carbons (Fsp3) is 0.0909. The van der Waals surface area contributed by atoms with Crippen molar-refractivity contribution >= 4 is 10.9 Å². The lowest BCUT2D eigenvalue weighted by molar-refractivity contribution is -0.681. The van der Waals surface area contributed by atoms with Crippen LogP contribution in [-0.4, -0.2) is 21.1 Å². The molecule has 0 saturated heterocycles. The van der Waals surface area contributed by atoms with Crippen molar-refractivity contribution in [3.05, 3.63) is 115 Å². The minimum Gasteiger partial charge on any atom is -0.477 e. The van der Waals surface area contributed by atoms with Crippen molar-refractivity contribution in [2.75, 3.05) is 0 Å². The molecule has 2 aromatic heterocycles. The molecule has 0 N–H and O–H groups in total. The number of benzene rings is 4. The highest BCUT2D eigenvalue weighted by atomic mass is 16.5. The third-order valence-corrected chi connectivity index (χ3v) is 6.92. The Kier molecular flexibility index (Phi) is 5.40. The Bertz CT molecular complexity index is 1710. The zero-order valence-corrected chi connectivity index (χ0v) is 21.0. The third kappa shape index (κ3) is 3.98. The van der Waals surface area contributed by atoms with Gasteiger partial charge in [-0.1, -0.05) is 84.9 Å². The average Bonchev–Trinajstić information content (AvgIpc) is 2.98. The lowest BCUT2D eigenvalue weighted by Gasteiger charge is -2.21. The van der Waals surface area contributed by atoms with Crippen molar-refractivity contribution in [3.8, 4) is 51.0 Å². The molecule has 1 atom stereocenters. The summed E-state index contributed by atoms with van der Waals surface area (Å²) in [6.45, 7) is 2.96. The van der Waals surface area contributed by atoms with E-state index in [1.807, 2.05) is 60.7 Å². The first kappa shape index (κ1) is 22.3. The monoisotopic (exact) mass is 493 g/mol. The van der Waals surface area contributed by atoms with E-state index in [-0.39, 0.29) is 6.10 Å². The topological polar surface area (TPSA) is 51.8 Å². The molecular formula is C33H25N4O+. The molecular weight excluding hydrogens is 468 g/mol. The highest BCUT2D eigenvalue weighted by molar-refractivity contribution is 5.90. The number of pyridine rings is 1. The largest absolute Gasteiger partial charge is 0.477 e. The van der Waals surface area contributed by atoms with E-state index < -0.39 is 0 Å². The van der Waals surface area contributed by atoms with Crippen molar-refractivity contribution in [2.45, 2.75) is 19.6 Å². The van der Waals surface area contributed by atoms with Crippen LogP contribution in [0.3, 0.4) is 0 Å². The second kappa shape index (κ2) is 9.20. The van der Waals surface area contributed by atoms with Crippen LogP contribution in [0.2, 0.25) is 0 Å². The maximum absolute atomic E-state index is 6.38. The summed E-state index contributed by atoms with van der Waals surface area (Å²) in [5.74, 6) is 2.90. The Hall–Kier alpha value is -4.90. The third-order valence-electron chi connectivity index (χ3n) is 6.92. The molecule has 1 aliphatic rings. The molecule has 38 heavy (non-hydrogen) atoms. The van der Waals surface area contributed by atoms with Gasteiger partial charge in [0.15, 0.2) is 42.1 Å². The molecule has 6 aromatic rings. The molecule has 0 spiro atoms. The summed E-state index contributed by atoms with van der Waals surface area (Å²) in [6, 6.07) is 37.0. The average molecular weight is 494 g/mol. The Morgan fingerprint density at radius 2 is 1.16 bits per heavy atom. The normalized spacial score (nSPS) is 14.3. The first-order valence-corrected chi connectivity index (χ1v) is 12.8. The van der Waals surface area contributed by atoms with Crippen LogP contribution in [0.5, 0.6) is 5.75 Å². The van der Waals surface area contributed by atoms with Crippen molar-refractivity contribution in [1.29, 1.82) is 0 Å². The summed E-state index contributed by atoms with van der Waals surface area (Å²) in [5, 5.41) is 1.18. The minimum absolute atomic E-state index is 0.108. The maximum atomic E-state index is 6.38. The molecule has 4 aromatic carbocycles. The number of ether oxygens (including phenoxy) is 1. The molecule has 1 aliphatic heterocycles. The maximum Gasteiger partial charge on any atom is 0.255 e. The summed E-state index contributed by atoms with van der Waals surface area (Å²) >= 11 is 0. The second-order valence-electron chi connectivity index (χ2n) is 9.58. The predicted octanol–water partition coefficient (Wildman–Crippen LogP) is 6.76. The first-order valence-electron chi connectivity index (χ1n) is 12.8. The van der Waals surface area contributed by atoms with Crippen LogP contribution in [0, 0.1) is 0 Å². The van der Waals surface area contributed by atoms with E-state index in [4.69, 9.17) is 19.7 Å². The summed E-state index contributed by atoms with van der Waals surface area (Å²) < 4.78 is 8.67. The molecule has 0 fully saturated rings. The number of hydrogen-bond donors (Lipinski definition) is 0. The van der Waals surface area contributed by atoms with Crippen LogP contribution in [-0.2, 0) is 6.54 Å². The van der Waals surface area contributed by atoms with Crippen molar-refractivity contribution < 1.29 is 9.30 Å². The van der Waals surface area contributed by atoms with Crippen LogP contribution in [0.1, 0.15) is 6.92 Å². The molecule has 182 valence electrons.